The third-order valence-corrected chi connectivity index (χ3v) is 3.74. The van der Waals surface area contributed by atoms with Crippen molar-refractivity contribution in [2.45, 2.75) is 19.1 Å². The van der Waals surface area contributed by atoms with Crippen LogP contribution in [0.5, 0.6) is 0 Å². The zero-order valence-electron chi connectivity index (χ0n) is 13.8. The molecule has 25 heavy (non-hydrogen) atoms. The topological polar surface area (TPSA) is 149 Å². The van der Waals surface area contributed by atoms with Gasteiger partial charge >= 0.3 is 0 Å². The van der Waals surface area contributed by atoms with Gasteiger partial charge in [0.25, 0.3) is 5.91 Å². The Hall–Kier alpha value is -2.98. The van der Waals surface area contributed by atoms with E-state index in [9.17, 15) is 9.90 Å². The number of nitrogens with one attached hydrogen (secondary N) is 1. The van der Waals surface area contributed by atoms with Crippen LogP contribution in [-0.4, -0.2) is 41.9 Å². The fourth-order valence-corrected chi connectivity index (χ4v) is 2.54. The van der Waals surface area contributed by atoms with Crippen molar-refractivity contribution in [3.8, 4) is 0 Å². The molecule has 6 N–H and O–H groups in total. The van der Waals surface area contributed by atoms with Crippen LogP contribution in [0.4, 0.5) is 5.69 Å². The van der Waals surface area contributed by atoms with E-state index in [1.807, 2.05) is 6.07 Å². The van der Waals surface area contributed by atoms with Crippen LogP contribution in [0.15, 0.2) is 24.7 Å². The number of fused-ring (bicyclic) bond motifs is 1. The van der Waals surface area contributed by atoms with Gasteiger partial charge in [0.1, 0.15) is 0 Å². The molecule has 132 valence electrons. The molecule has 3 rings (SSSR count). The van der Waals surface area contributed by atoms with Gasteiger partial charge in [0, 0.05) is 25.1 Å². The van der Waals surface area contributed by atoms with Crippen molar-refractivity contribution in [1.29, 1.82) is 0 Å². The number of nitrogens with zero attached hydrogens (tertiary/aromatic N) is 5. The number of aliphatic hydroxyl groups excluding tert-OH is 1. The summed E-state index contributed by atoms with van der Waals surface area (Å²) in [7, 11) is 1.66. The molecule has 0 spiro atoms. The molecule has 0 radical (unpaired) electrons. The molecule has 0 aromatic carbocycles. The summed E-state index contributed by atoms with van der Waals surface area (Å²) in [5, 5.41) is 21.5. The van der Waals surface area contributed by atoms with Gasteiger partial charge in [-0.05, 0) is 25.5 Å². The Morgan fingerprint density at radius 2 is 2.28 bits per heavy atom. The van der Waals surface area contributed by atoms with Crippen molar-refractivity contribution in [2.24, 2.45) is 18.5 Å². The first-order valence-corrected chi connectivity index (χ1v) is 7.81. The van der Waals surface area contributed by atoms with E-state index in [4.69, 9.17) is 11.5 Å². The molecular formula is C15H20N8O2. The normalized spacial score (nSPS) is 12.4. The van der Waals surface area contributed by atoms with Gasteiger partial charge < -0.3 is 21.9 Å². The van der Waals surface area contributed by atoms with Gasteiger partial charge in [-0.1, -0.05) is 0 Å². The molecule has 0 aliphatic heterocycles. The molecule has 0 saturated heterocycles. The molecule has 3 heterocycles. The first-order chi connectivity index (χ1) is 12.0. The predicted molar refractivity (Wildman–Crippen MR) is 90.7 cm³/mol. The summed E-state index contributed by atoms with van der Waals surface area (Å²) in [5.74, 6) is -0.683. The van der Waals surface area contributed by atoms with Gasteiger partial charge in [-0.2, -0.15) is 10.2 Å². The van der Waals surface area contributed by atoms with E-state index < -0.39 is 12.1 Å². The second-order valence-electron chi connectivity index (χ2n) is 5.66. The van der Waals surface area contributed by atoms with Gasteiger partial charge in [0.15, 0.2) is 17.6 Å². The van der Waals surface area contributed by atoms with Crippen molar-refractivity contribution < 1.29 is 9.90 Å². The van der Waals surface area contributed by atoms with E-state index in [1.165, 1.54) is 10.9 Å². The van der Waals surface area contributed by atoms with Gasteiger partial charge in [-0.3, -0.25) is 9.48 Å². The molecule has 3 aromatic heterocycles. The average Bonchev–Trinajstić information content (AvgIpc) is 3.15. The molecule has 0 aliphatic carbocycles. The van der Waals surface area contributed by atoms with Crippen molar-refractivity contribution in [3.05, 3.63) is 41.6 Å². The minimum absolute atomic E-state index is 0.0506. The van der Waals surface area contributed by atoms with Crippen LogP contribution in [0.25, 0.3) is 5.65 Å². The molecule has 3 aromatic rings. The fourth-order valence-electron chi connectivity index (χ4n) is 2.54. The minimum atomic E-state index is -1.13. The van der Waals surface area contributed by atoms with Crippen LogP contribution in [0.2, 0.25) is 0 Å². The van der Waals surface area contributed by atoms with Crippen LogP contribution in [0, 0.1) is 0 Å². The van der Waals surface area contributed by atoms with Crippen LogP contribution >= 0.6 is 0 Å². The van der Waals surface area contributed by atoms with Crippen molar-refractivity contribution in [2.75, 3.05) is 11.9 Å². The highest BCUT2D eigenvalue weighted by atomic mass is 16.3. The monoisotopic (exact) mass is 344 g/mol. The number of primary amides is 1. The highest BCUT2D eigenvalue weighted by Crippen LogP contribution is 2.22. The number of carbonyl (C=O) groups excluding carboxylic acids is 1. The van der Waals surface area contributed by atoms with E-state index in [1.54, 1.807) is 24.0 Å². The Balaban J connectivity index is 1.89. The molecule has 10 heteroatoms. The zero-order valence-corrected chi connectivity index (χ0v) is 13.8. The number of aliphatic hydroxyl groups is 1. The number of aromatic nitrogens is 5. The lowest BCUT2D eigenvalue weighted by atomic mass is 10.2. The maximum absolute atomic E-state index is 11.4. The number of anilines is 1. The van der Waals surface area contributed by atoms with Gasteiger partial charge in [0.2, 0.25) is 0 Å². The number of rotatable bonds is 7. The Morgan fingerprint density at radius 1 is 1.48 bits per heavy atom. The molecule has 10 nitrogen and oxygen atoms in total. The summed E-state index contributed by atoms with van der Waals surface area (Å²) in [6, 6.07) is 1.87. The van der Waals surface area contributed by atoms with Gasteiger partial charge in [0.05, 0.1) is 17.4 Å². The highest BCUT2D eigenvalue weighted by molar-refractivity contribution is 5.96. The Morgan fingerprint density at radius 3 is 3.00 bits per heavy atom. The second kappa shape index (κ2) is 6.87. The minimum Gasteiger partial charge on any atom is -0.369 e. The molecule has 0 aliphatic rings. The maximum Gasteiger partial charge on any atom is 0.271 e. The summed E-state index contributed by atoms with van der Waals surface area (Å²) >= 11 is 0. The molecule has 1 amide bonds. The average molecular weight is 344 g/mol. The predicted octanol–water partition coefficient (Wildman–Crippen LogP) is -0.444. The van der Waals surface area contributed by atoms with Crippen molar-refractivity contribution in [1.82, 2.24) is 24.4 Å². The largest absolute Gasteiger partial charge is 0.369 e. The lowest BCUT2D eigenvalue weighted by molar-refractivity contribution is 0.0995. The smallest absolute Gasteiger partial charge is 0.271 e. The Bertz CT molecular complexity index is 900. The molecule has 0 fully saturated rings. The molecule has 0 bridgehead atoms. The Kier molecular flexibility index (Phi) is 4.63. The van der Waals surface area contributed by atoms with E-state index in [-0.39, 0.29) is 5.69 Å². The highest BCUT2D eigenvalue weighted by Gasteiger charge is 2.20. The maximum atomic E-state index is 11.4. The number of hydrogen-bond acceptors (Lipinski definition) is 7. The van der Waals surface area contributed by atoms with Crippen molar-refractivity contribution in [3.63, 3.8) is 0 Å². The van der Waals surface area contributed by atoms with Crippen molar-refractivity contribution >= 4 is 17.2 Å². The number of aryl methyl sites for hydroxylation is 2. The third kappa shape index (κ3) is 3.44. The van der Waals surface area contributed by atoms with E-state index >= 15 is 0 Å². The Labute approximate surface area is 143 Å². The lowest BCUT2D eigenvalue weighted by Gasteiger charge is -2.12. The van der Waals surface area contributed by atoms with E-state index in [2.05, 4.69) is 20.5 Å². The molecule has 0 saturated carbocycles. The van der Waals surface area contributed by atoms with Gasteiger partial charge in [-0.25, -0.2) is 9.50 Å². The lowest BCUT2D eigenvalue weighted by Crippen LogP contribution is -2.17. The summed E-state index contributed by atoms with van der Waals surface area (Å²) in [6.45, 7) is 0.583. The SMILES string of the molecule is Cn1cc(NC(O)c2cnn3ccc(CCCN)nc23)c(C(N)=O)n1. The summed E-state index contributed by atoms with van der Waals surface area (Å²) in [5.41, 5.74) is 13.1. The van der Waals surface area contributed by atoms with Crippen LogP contribution in [0.1, 0.15) is 34.4 Å². The quantitative estimate of drug-likeness (QED) is 0.424. The first-order valence-electron chi connectivity index (χ1n) is 7.81. The van der Waals surface area contributed by atoms with E-state index in [0.717, 1.165) is 18.5 Å². The van der Waals surface area contributed by atoms with Crippen LogP contribution in [-0.2, 0) is 13.5 Å². The second-order valence-corrected chi connectivity index (χ2v) is 5.66. The van der Waals surface area contributed by atoms with Crippen LogP contribution < -0.4 is 16.8 Å². The summed E-state index contributed by atoms with van der Waals surface area (Å²) in [6.07, 6.45) is 5.31. The fraction of sp³-hybridized carbons (Fsp3) is 0.333. The number of carbonyl (C=O) groups is 1. The number of amides is 1. The third-order valence-electron chi connectivity index (χ3n) is 3.74. The number of hydrogen-bond donors (Lipinski definition) is 4. The first kappa shape index (κ1) is 16.9. The van der Waals surface area contributed by atoms with E-state index in [0.29, 0.717) is 23.4 Å². The zero-order chi connectivity index (χ0) is 18.0. The molecular weight excluding hydrogens is 324 g/mol. The standard InChI is InChI=1S/C15H20N8O2/c1-22-8-11(12(21-22)13(17)24)20-15(25)10-7-18-23-6-4-9(3-2-5-16)19-14(10)23/h4,6-8,15,20,25H,2-3,5,16H2,1H3,(H2,17,24). The molecule has 1 atom stereocenters. The summed E-state index contributed by atoms with van der Waals surface area (Å²) in [4.78, 5) is 16.0. The van der Waals surface area contributed by atoms with Gasteiger partial charge in [-0.15, -0.1) is 0 Å². The summed E-state index contributed by atoms with van der Waals surface area (Å²) < 4.78 is 3.01. The number of nitrogens with two attached hydrogens (primary N) is 2. The van der Waals surface area contributed by atoms with Crippen LogP contribution in [0.3, 0.4) is 0 Å². The molecule has 1 unspecified atom stereocenters.